The maximum Gasteiger partial charge on any atom is 0.422 e. The van der Waals surface area contributed by atoms with Crippen molar-refractivity contribution in [1.29, 1.82) is 5.26 Å². The molecule has 0 fully saturated rings. The van der Waals surface area contributed by atoms with Gasteiger partial charge in [0, 0.05) is 17.0 Å². The van der Waals surface area contributed by atoms with Crippen LogP contribution in [0.4, 0.5) is 13.2 Å². The Kier molecular flexibility index (Phi) is 9.83. The summed E-state index contributed by atoms with van der Waals surface area (Å²) in [6, 6.07) is 21.4. The second kappa shape index (κ2) is 12.9. The molecule has 0 spiro atoms. The molecule has 1 amide bonds. The van der Waals surface area contributed by atoms with Gasteiger partial charge in [-0.25, -0.2) is 4.79 Å². The molecule has 0 radical (unpaired) electrons. The molecule has 6 nitrogen and oxygen atoms in total. The van der Waals surface area contributed by atoms with Crippen molar-refractivity contribution in [3.8, 4) is 11.8 Å². The Morgan fingerprint density at radius 2 is 1.70 bits per heavy atom. The lowest BCUT2D eigenvalue weighted by Crippen LogP contribution is -2.50. The van der Waals surface area contributed by atoms with Gasteiger partial charge in [-0.3, -0.25) is 4.79 Å². The molecule has 0 heterocycles. The first-order valence-electron chi connectivity index (χ1n) is 12.4. The van der Waals surface area contributed by atoms with Gasteiger partial charge in [0.15, 0.2) is 12.2 Å². The van der Waals surface area contributed by atoms with Gasteiger partial charge in [0.25, 0.3) is 5.91 Å². The largest absolute Gasteiger partial charge is 0.483 e. The normalized spacial score (nSPS) is 13.1. The Hall–Kier alpha value is -4.03. The number of nitriles is 1. The molecule has 2 atom stereocenters. The van der Waals surface area contributed by atoms with Crippen LogP contribution in [0.1, 0.15) is 53.7 Å². The van der Waals surface area contributed by atoms with Crippen LogP contribution in [0.15, 0.2) is 72.8 Å². The third-order valence-electron chi connectivity index (χ3n) is 6.17. The molecule has 1 N–H and O–H groups in total. The van der Waals surface area contributed by atoms with Crippen LogP contribution >= 0.6 is 11.6 Å². The van der Waals surface area contributed by atoms with Gasteiger partial charge in [-0.2, -0.15) is 18.4 Å². The fourth-order valence-electron chi connectivity index (χ4n) is 4.03. The summed E-state index contributed by atoms with van der Waals surface area (Å²) in [4.78, 5) is 26.2. The molecule has 0 saturated heterocycles. The third kappa shape index (κ3) is 8.48. The van der Waals surface area contributed by atoms with Crippen LogP contribution in [0.5, 0.6) is 5.75 Å². The molecule has 3 aromatic carbocycles. The Morgan fingerprint density at radius 1 is 1.02 bits per heavy atom. The highest BCUT2D eigenvalue weighted by atomic mass is 35.5. The number of hydrogen-bond donors (Lipinski definition) is 1. The number of para-hydroxylation sites is 1. The van der Waals surface area contributed by atoms with E-state index in [-0.39, 0.29) is 17.2 Å². The summed E-state index contributed by atoms with van der Waals surface area (Å²) in [5.74, 6) is -2.19. The lowest BCUT2D eigenvalue weighted by molar-refractivity contribution is -0.153. The fourth-order valence-corrected chi connectivity index (χ4v) is 4.16. The summed E-state index contributed by atoms with van der Waals surface area (Å²) < 4.78 is 48.1. The number of carbonyl (C=O) groups excluding carboxylic acids is 2. The monoisotopic (exact) mass is 572 g/mol. The van der Waals surface area contributed by atoms with E-state index in [9.17, 15) is 28.0 Å². The second-order valence-corrected chi connectivity index (χ2v) is 10.2. The number of benzene rings is 3. The highest BCUT2D eigenvalue weighted by Crippen LogP contribution is 2.28. The van der Waals surface area contributed by atoms with Gasteiger partial charge >= 0.3 is 12.1 Å². The number of alkyl halides is 3. The predicted octanol–water partition coefficient (Wildman–Crippen LogP) is 6.62. The standard InChI is InChI=1S/C30H28ClF3N2O4/c1-19(25(16-20-11-13-23(31)14-12-20)22-8-6-7-21(15-22)17-35)36-28(38)29(2,3)40-27(37)24-9-4-5-10-26(24)39-18-30(32,33)34/h4-15,19,25H,16,18H2,1-3H3,(H,36,38)/t19-,25+/m0/s1. The van der Waals surface area contributed by atoms with Crippen molar-refractivity contribution in [3.63, 3.8) is 0 Å². The molecule has 10 heteroatoms. The summed E-state index contributed by atoms with van der Waals surface area (Å²) >= 11 is 6.03. The number of halogens is 4. The van der Waals surface area contributed by atoms with Gasteiger partial charge in [-0.05, 0) is 74.7 Å². The lowest BCUT2D eigenvalue weighted by atomic mass is 9.85. The first-order valence-corrected chi connectivity index (χ1v) is 12.7. The van der Waals surface area contributed by atoms with Crippen molar-refractivity contribution in [3.05, 3.63) is 100 Å². The second-order valence-electron chi connectivity index (χ2n) is 9.74. The highest BCUT2D eigenvalue weighted by Gasteiger charge is 2.36. The Morgan fingerprint density at radius 3 is 2.35 bits per heavy atom. The van der Waals surface area contributed by atoms with E-state index >= 15 is 0 Å². The molecule has 210 valence electrons. The first-order chi connectivity index (χ1) is 18.8. The van der Waals surface area contributed by atoms with Crippen LogP contribution < -0.4 is 10.1 Å². The Balaban J connectivity index is 1.78. The summed E-state index contributed by atoms with van der Waals surface area (Å²) in [5, 5.41) is 12.9. The quantitative estimate of drug-likeness (QED) is 0.276. The van der Waals surface area contributed by atoms with Gasteiger partial charge in [0.05, 0.1) is 11.6 Å². The molecule has 0 saturated carbocycles. The van der Waals surface area contributed by atoms with E-state index in [0.29, 0.717) is 17.0 Å². The van der Waals surface area contributed by atoms with Crippen LogP contribution in [0.3, 0.4) is 0 Å². The van der Waals surface area contributed by atoms with Crippen LogP contribution in [0.25, 0.3) is 0 Å². The van der Waals surface area contributed by atoms with Gasteiger partial charge in [-0.1, -0.05) is 48.0 Å². The number of rotatable bonds is 10. The summed E-state index contributed by atoms with van der Waals surface area (Å²) in [7, 11) is 0. The van der Waals surface area contributed by atoms with E-state index in [1.807, 2.05) is 18.2 Å². The van der Waals surface area contributed by atoms with Gasteiger partial charge < -0.3 is 14.8 Å². The third-order valence-corrected chi connectivity index (χ3v) is 6.42. The van der Waals surface area contributed by atoms with E-state index < -0.39 is 36.3 Å². The highest BCUT2D eigenvalue weighted by molar-refractivity contribution is 6.30. The number of esters is 1. The van der Waals surface area contributed by atoms with E-state index in [1.165, 1.54) is 38.1 Å². The maximum absolute atomic E-state index is 13.3. The van der Waals surface area contributed by atoms with E-state index in [1.54, 1.807) is 37.3 Å². The van der Waals surface area contributed by atoms with Crippen molar-refractivity contribution in [2.75, 3.05) is 6.61 Å². The van der Waals surface area contributed by atoms with E-state index in [0.717, 1.165) is 11.1 Å². The number of ether oxygens (including phenoxy) is 2. The smallest absolute Gasteiger partial charge is 0.422 e. The zero-order valence-corrected chi connectivity index (χ0v) is 22.8. The van der Waals surface area contributed by atoms with Crippen LogP contribution in [-0.2, 0) is 16.0 Å². The van der Waals surface area contributed by atoms with Crippen LogP contribution in [0, 0.1) is 11.3 Å². The predicted molar refractivity (Wildman–Crippen MR) is 144 cm³/mol. The molecule has 0 bridgehead atoms. The number of nitrogens with one attached hydrogen (secondary N) is 1. The van der Waals surface area contributed by atoms with Crippen LogP contribution in [0.2, 0.25) is 5.02 Å². The minimum absolute atomic E-state index is 0.241. The average Bonchev–Trinajstić information content (AvgIpc) is 2.91. The van der Waals surface area contributed by atoms with Gasteiger partial charge in [0.2, 0.25) is 0 Å². The van der Waals surface area contributed by atoms with Gasteiger partial charge in [-0.15, -0.1) is 0 Å². The molecule has 0 unspecified atom stereocenters. The summed E-state index contributed by atoms with van der Waals surface area (Å²) in [6.45, 7) is 2.99. The van der Waals surface area contributed by atoms with Crippen molar-refractivity contribution >= 4 is 23.5 Å². The van der Waals surface area contributed by atoms with Crippen LogP contribution in [-0.4, -0.2) is 36.3 Å². The van der Waals surface area contributed by atoms with Crippen molar-refractivity contribution in [2.45, 2.75) is 50.9 Å². The molecule has 0 aliphatic heterocycles. The Bertz CT molecular complexity index is 1380. The number of carbonyl (C=O) groups is 2. The Labute approximate surface area is 235 Å². The summed E-state index contributed by atoms with van der Waals surface area (Å²) in [5.41, 5.74) is 0.334. The van der Waals surface area contributed by atoms with E-state index in [4.69, 9.17) is 21.1 Å². The summed E-state index contributed by atoms with van der Waals surface area (Å²) in [6.07, 6.45) is -4.08. The van der Waals surface area contributed by atoms with Crippen molar-refractivity contribution < 1.29 is 32.2 Å². The fraction of sp³-hybridized carbons (Fsp3) is 0.300. The first kappa shape index (κ1) is 30.5. The van der Waals surface area contributed by atoms with Gasteiger partial charge in [0.1, 0.15) is 11.3 Å². The molecular formula is C30H28ClF3N2O4. The van der Waals surface area contributed by atoms with E-state index in [2.05, 4.69) is 11.4 Å². The number of amides is 1. The lowest BCUT2D eigenvalue weighted by Gasteiger charge is -2.30. The van der Waals surface area contributed by atoms with Crippen molar-refractivity contribution in [2.24, 2.45) is 0 Å². The number of hydrogen-bond acceptors (Lipinski definition) is 5. The number of nitrogens with zero attached hydrogens (tertiary/aromatic N) is 1. The zero-order valence-electron chi connectivity index (χ0n) is 22.1. The molecule has 3 rings (SSSR count). The minimum Gasteiger partial charge on any atom is -0.483 e. The topological polar surface area (TPSA) is 88.4 Å². The molecule has 0 aliphatic carbocycles. The molecule has 0 aliphatic rings. The van der Waals surface area contributed by atoms with Crippen molar-refractivity contribution in [1.82, 2.24) is 5.32 Å². The molecular weight excluding hydrogens is 545 g/mol. The minimum atomic E-state index is -4.60. The molecule has 0 aromatic heterocycles. The molecule has 3 aromatic rings. The SMILES string of the molecule is C[C@H](NC(=O)C(C)(C)OC(=O)c1ccccc1OCC(F)(F)F)[C@@H](Cc1ccc(Cl)cc1)c1cccc(C#N)c1. The zero-order chi connectivity index (χ0) is 29.5. The maximum atomic E-state index is 13.3. The average molecular weight is 573 g/mol. The molecule has 40 heavy (non-hydrogen) atoms.